The molecular formula is C40H54N2. The minimum absolute atomic E-state index is 1.15. The van der Waals surface area contributed by atoms with Crippen molar-refractivity contribution in [1.29, 1.82) is 0 Å². The molecule has 2 heteroatoms. The van der Waals surface area contributed by atoms with Crippen molar-refractivity contribution in [2.75, 3.05) is 36.0 Å². The summed E-state index contributed by atoms with van der Waals surface area (Å²) < 4.78 is 0. The van der Waals surface area contributed by atoms with Crippen molar-refractivity contribution >= 4 is 23.5 Å². The van der Waals surface area contributed by atoms with Crippen molar-refractivity contribution in [2.45, 2.75) is 105 Å². The van der Waals surface area contributed by atoms with E-state index in [0.717, 1.165) is 26.2 Å². The van der Waals surface area contributed by atoms with E-state index in [1.807, 2.05) is 0 Å². The molecule has 42 heavy (non-hydrogen) atoms. The van der Waals surface area contributed by atoms with E-state index in [-0.39, 0.29) is 0 Å². The molecule has 0 spiro atoms. The highest BCUT2D eigenvalue weighted by atomic mass is 15.2. The van der Waals surface area contributed by atoms with Gasteiger partial charge in [0.25, 0.3) is 0 Å². The number of unbranched alkanes of at least 4 members (excludes halogenated alkanes) is 8. The molecule has 0 bridgehead atoms. The second-order valence-electron chi connectivity index (χ2n) is 12.6. The number of rotatable bonds is 18. The molecule has 224 valence electrons. The number of hydrogen-bond donors (Lipinski definition) is 0. The van der Waals surface area contributed by atoms with Gasteiger partial charge in [0.15, 0.2) is 0 Å². The molecule has 5 rings (SSSR count). The highest BCUT2D eigenvalue weighted by Gasteiger charge is 2.26. The highest BCUT2D eigenvalue weighted by Crippen LogP contribution is 2.42. The standard InChI is InChI=1S/C40H54N2/c1-5-9-15-25-41(26-16-10-6-2)39-24-23-35-34-22-21-33-32-20-14-13-19-31(32)29-36(33)37(34)30-38(35)40(39)42(27-17-11-7-3)28-18-12-8-4/h13-14,19-24,29-30H,5-12,15-18,25-28H2,1-4H3. The quantitative estimate of drug-likeness (QED) is 0.0981. The van der Waals surface area contributed by atoms with Crippen LogP contribution < -0.4 is 20.2 Å². The normalized spacial score (nSPS) is 12.3. The van der Waals surface area contributed by atoms with Crippen molar-refractivity contribution in [3.8, 4) is 22.3 Å². The molecule has 2 aliphatic rings. The monoisotopic (exact) mass is 562 g/mol. The Hall–Kier alpha value is -3.00. The Labute approximate surface area is 256 Å². The van der Waals surface area contributed by atoms with Crippen molar-refractivity contribution in [3.63, 3.8) is 0 Å². The van der Waals surface area contributed by atoms with Crippen LogP contribution in [0.2, 0.25) is 0 Å². The fourth-order valence-corrected chi connectivity index (χ4v) is 7.05. The average molecular weight is 563 g/mol. The zero-order valence-corrected chi connectivity index (χ0v) is 27.0. The van der Waals surface area contributed by atoms with Crippen LogP contribution in [0.15, 0.2) is 48.5 Å². The van der Waals surface area contributed by atoms with Gasteiger partial charge in [0, 0.05) is 31.7 Å². The molecule has 2 aliphatic carbocycles. The molecule has 0 unspecified atom stereocenters. The van der Waals surface area contributed by atoms with Gasteiger partial charge in [-0.15, -0.1) is 0 Å². The molecule has 0 aromatic heterocycles. The smallest absolute Gasteiger partial charge is 0.0684 e. The number of nitrogens with zero attached hydrogens (tertiary/aromatic N) is 2. The Morgan fingerprint density at radius 3 is 1.55 bits per heavy atom. The van der Waals surface area contributed by atoms with Crippen molar-refractivity contribution in [3.05, 3.63) is 70.1 Å². The van der Waals surface area contributed by atoms with E-state index in [1.165, 1.54) is 132 Å². The summed E-state index contributed by atoms with van der Waals surface area (Å²) in [5, 5.41) is 2.83. The van der Waals surface area contributed by atoms with Gasteiger partial charge < -0.3 is 9.80 Å². The summed E-state index contributed by atoms with van der Waals surface area (Å²) in [5.74, 6) is 0. The van der Waals surface area contributed by atoms with Gasteiger partial charge in [0.1, 0.15) is 0 Å². The van der Waals surface area contributed by atoms with Gasteiger partial charge in [-0.25, -0.2) is 0 Å². The summed E-state index contributed by atoms with van der Waals surface area (Å²) >= 11 is 0. The number of anilines is 2. The van der Waals surface area contributed by atoms with Crippen LogP contribution in [-0.2, 0) is 0 Å². The van der Waals surface area contributed by atoms with Gasteiger partial charge in [-0.1, -0.05) is 122 Å². The fraction of sp³-hybridized carbons (Fsp3) is 0.500. The molecule has 0 atom stereocenters. The first-order valence-corrected chi connectivity index (χ1v) is 17.3. The molecule has 0 amide bonds. The average Bonchev–Trinajstić information content (AvgIpc) is 3.58. The van der Waals surface area contributed by atoms with Gasteiger partial charge in [0.05, 0.1) is 11.4 Å². The molecule has 0 saturated carbocycles. The van der Waals surface area contributed by atoms with Gasteiger partial charge in [-0.2, -0.15) is 0 Å². The van der Waals surface area contributed by atoms with Crippen molar-refractivity contribution < 1.29 is 0 Å². The van der Waals surface area contributed by atoms with Gasteiger partial charge >= 0.3 is 0 Å². The Kier molecular flexibility index (Phi) is 10.8. The zero-order chi connectivity index (χ0) is 29.3. The molecule has 0 radical (unpaired) electrons. The van der Waals surface area contributed by atoms with E-state index in [0.29, 0.717) is 0 Å². The maximum Gasteiger partial charge on any atom is 0.0684 e. The molecule has 3 aromatic rings. The molecule has 0 saturated heterocycles. The summed E-state index contributed by atoms with van der Waals surface area (Å²) in [6.45, 7) is 13.9. The summed E-state index contributed by atoms with van der Waals surface area (Å²) in [6, 6.07) is 18.6. The molecular weight excluding hydrogens is 508 g/mol. The van der Waals surface area contributed by atoms with Crippen LogP contribution in [0.25, 0.3) is 34.4 Å². The Morgan fingerprint density at radius 2 is 0.952 bits per heavy atom. The third kappa shape index (κ3) is 6.48. The van der Waals surface area contributed by atoms with Crippen LogP contribution in [0.1, 0.15) is 116 Å². The van der Waals surface area contributed by atoms with Crippen LogP contribution in [0.3, 0.4) is 0 Å². The molecule has 0 N–H and O–H groups in total. The second-order valence-corrected chi connectivity index (χ2v) is 12.6. The summed E-state index contributed by atoms with van der Waals surface area (Å²) in [6.07, 6.45) is 20.4. The van der Waals surface area contributed by atoms with E-state index in [9.17, 15) is 0 Å². The maximum absolute atomic E-state index is 2.80. The van der Waals surface area contributed by atoms with Gasteiger partial charge in [-0.3, -0.25) is 0 Å². The molecule has 0 fully saturated rings. The summed E-state index contributed by atoms with van der Waals surface area (Å²) in [4.78, 5) is 5.56. The first kappa shape index (κ1) is 30.5. The molecule has 0 heterocycles. The molecule has 2 nitrogen and oxygen atoms in total. The minimum atomic E-state index is 1.15. The van der Waals surface area contributed by atoms with E-state index in [4.69, 9.17) is 0 Å². The Bertz CT molecular complexity index is 1430. The lowest BCUT2D eigenvalue weighted by molar-refractivity contribution is 0.624. The highest BCUT2D eigenvalue weighted by molar-refractivity contribution is 5.97. The zero-order valence-electron chi connectivity index (χ0n) is 27.0. The first-order chi connectivity index (χ1) is 20.7. The minimum Gasteiger partial charge on any atom is -0.370 e. The third-order valence-electron chi connectivity index (χ3n) is 9.40. The number of hydrogen-bond acceptors (Lipinski definition) is 2. The second kappa shape index (κ2) is 14.9. The summed E-state index contributed by atoms with van der Waals surface area (Å²) in [7, 11) is 0. The lowest BCUT2D eigenvalue weighted by Crippen LogP contribution is -2.32. The predicted molar refractivity (Wildman–Crippen MR) is 186 cm³/mol. The Morgan fingerprint density at radius 1 is 0.452 bits per heavy atom. The van der Waals surface area contributed by atoms with E-state index >= 15 is 0 Å². The third-order valence-corrected chi connectivity index (χ3v) is 9.40. The van der Waals surface area contributed by atoms with E-state index in [1.54, 1.807) is 0 Å². The predicted octanol–water partition coefficient (Wildman–Crippen LogP) is 9.68. The molecule has 3 aromatic carbocycles. The van der Waals surface area contributed by atoms with Crippen molar-refractivity contribution in [1.82, 2.24) is 0 Å². The SMILES string of the molecule is CCCCCN(CCCCC)c1ccc2c(c1N(CCCCC)CCCCC)C=c1c-2ccc2c1=Cc1ccccc1-2. The number of fused-ring (bicyclic) bond motifs is 7. The van der Waals surface area contributed by atoms with Gasteiger partial charge in [-0.05, 0) is 82.2 Å². The van der Waals surface area contributed by atoms with Crippen LogP contribution in [0.5, 0.6) is 0 Å². The summed E-state index contributed by atoms with van der Waals surface area (Å²) in [5.41, 5.74) is 11.4. The largest absolute Gasteiger partial charge is 0.370 e. The maximum atomic E-state index is 2.80. The first-order valence-electron chi connectivity index (χ1n) is 17.3. The molecule has 0 aliphatic heterocycles. The van der Waals surface area contributed by atoms with Crippen LogP contribution in [-0.4, -0.2) is 26.2 Å². The van der Waals surface area contributed by atoms with E-state index < -0.39 is 0 Å². The number of benzene rings is 3. The Balaban J connectivity index is 1.65. The van der Waals surface area contributed by atoms with Gasteiger partial charge in [0.2, 0.25) is 0 Å². The fourth-order valence-electron chi connectivity index (χ4n) is 7.05. The van der Waals surface area contributed by atoms with Crippen LogP contribution in [0, 0.1) is 0 Å². The van der Waals surface area contributed by atoms with Crippen LogP contribution >= 0.6 is 0 Å². The topological polar surface area (TPSA) is 6.48 Å². The lowest BCUT2D eigenvalue weighted by atomic mass is 9.98. The van der Waals surface area contributed by atoms with Crippen molar-refractivity contribution in [2.24, 2.45) is 0 Å². The van der Waals surface area contributed by atoms with E-state index in [2.05, 4.69) is 98.2 Å². The lowest BCUT2D eigenvalue weighted by Gasteiger charge is -2.35. The van der Waals surface area contributed by atoms with Crippen LogP contribution in [0.4, 0.5) is 11.4 Å².